The van der Waals surface area contributed by atoms with Crippen LogP contribution in [0, 0.1) is 6.92 Å². The van der Waals surface area contributed by atoms with Gasteiger partial charge >= 0.3 is 0 Å². The van der Waals surface area contributed by atoms with Gasteiger partial charge in [-0.2, -0.15) is 0 Å². The van der Waals surface area contributed by atoms with E-state index in [0.29, 0.717) is 12.4 Å². The first-order valence-corrected chi connectivity index (χ1v) is 7.47. The third-order valence-electron chi connectivity index (χ3n) is 3.91. The lowest BCUT2D eigenvalue weighted by Gasteiger charge is -2.08. The van der Waals surface area contributed by atoms with Crippen molar-refractivity contribution in [3.63, 3.8) is 0 Å². The molecule has 0 aliphatic heterocycles. The van der Waals surface area contributed by atoms with E-state index in [1.165, 1.54) is 11.1 Å². The molecule has 0 atom stereocenters. The number of rotatable bonds is 5. The van der Waals surface area contributed by atoms with E-state index in [9.17, 15) is 0 Å². The van der Waals surface area contributed by atoms with Crippen LogP contribution < -0.4 is 5.73 Å². The minimum absolute atomic E-state index is 0.489. The molecular weight excluding hydrogens is 274 g/mol. The van der Waals surface area contributed by atoms with Gasteiger partial charge in [-0.15, -0.1) is 0 Å². The van der Waals surface area contributed by atoms with Gasteiger partial charge in [-0.05, 0) is 31.0 Å². The van der Waals surface area contributed by atoms with Gasteiger partial charge in [0.1, 0.15) is 18.1 Å². The summed E-state index contributed by atoms with van der Waals surface area (Å²) < 4.78 is 7.42. The van der Waals surface area contributed by atoms with Crippen molar-refractivity contribution in [3.05, 3.63) is 59.4 Å². The lowest BCUT2D eigenvalue weighted by molar-refractivity contribution is 0.132. The van der Waals surface area contributed by atoms with E-state index in [1.807, 2.05) is 18.2 Å². The van der Waals surface area contributed by atoms with Crippen LogP contribution >= 0.6 is 0 Å². The Morgan fingerprint density at radius 1 is 1.09 bits per heavy atom. The van der Waals surface area contributed by atoms with Crippen LogP contribution in [0.1, 0.15) is 17.0 Å². The number of aromatic nitrogens is 2. The molecule has 0 radical (unpaired) electrons. The molecule has 2 N–H and O–H groups in total. The number of imidazole rings is 1. The van der Waals surface area contributed by atoms with Crippen molar-refractivity contribution in [1.82, 2.24) is 9.55 Å². The third kappa shape index (κ3) is 2.83. The van der Waals surface area contributed by atoms with E-state index in [-0.39, 0.29) is 0 Å². The third-order valence-corrected chi connectivity index (χ3v) is 3.91. The number of nitrogens with zero attached hydrogens (tertiary/aromatic N) is 2. The van der Waals surface area contributed by atoms with Crippen molar-refractivity contribution < 1.29 is 4.74 Å². The zero-order valence-electron chi connectivity index (χ0n) is 13.0. The Hall–Kier alpha value is -2.33. The number of ether oxygens (including phenoxy) is 1. The number of para-hydroxylation sites is 1. The van der Waals surface area contributed by atoms with E-state index >= 15 is 0 Å². The quantitative estimate of drug-likeness (QED) is 0.735. The molecule has 4 heteroatoms. The molecule has 0 spiro atoms. The lowest BCUT2D eigenvalue weighted by Crippen LogP contribution is -2.06. The molecule has 1 heterocycles. The summed E-state index contributed by atoms with van der Waals surface area (Å²) in [5, 5.41) is 0. The predicted octanol–water partition coefficient (Wildman–Crippen LogP) is 3.32. The number of nitrogen functional groups attached to an aromatic ring is 1. The molecule has 0 aliphatic carbocycles. The molecule has 4 nitrogen and oxygen atoms in total. The van der Waals surface area contributed by atoms with Crippen molar-refractivity contribution in [3.8, 4) is 0 Å². The smallest absolute Gasteiger partial charge is 0.124 e. The maximum atomic E-state index is 6.04. The first-order valence-electron chi connectivity index (χ1n) is 7.47. The zero-order chi connectivity index (χ0) is 15.5. The van der Waals surface area contributed by atoms with E-state index in [0.717, 1.165) is 29.7 Å². The number of benzene rings is 2. The molecule has 0 saturated carbocycles. The molecule has 0 fully saturated rings. The second-order valence-electron chi connectivity index (χ2n) is 5.57. The van der Waals surface area contributed by atoms with E-state index in [1.54, 1.807) is 7.11 Å². The van der Waals surface area contributed by atoms with E-state index in [4.69, 9.17) is 15.5 Å². The number of nitrogens with two attached hydrogens (primary N) is 1. The van der Waals surface area contributed by atoms with Gasteiger partial charge in [-0.1, -0.05) is 35.9 Å². The van der Waals surface area contributed by atoms with Crippen LogP contribution in [0.3, 0.4) is 0 Å². The standard InChI is InChI=1S/C18H21N3O/c1-13-6-8-14(9-7-13)10-11-17-20-18-15(19)4-3-5-16(18)21(17)12-22-2/h3-9H,10-12,19H2,1-2H3. The van der Waals surface area contributed by atoms with Crippen molar-refractivity contribution in [2.45, 2.75) is 26.5 Å². The number of fused-ring (bicyclic) bond motifs is 1. The van der Waals surface area contributed by atoms with Crippen LogP contribution in [0.2, 0.25) is 0 Å². The molecule has 3 aromatic rings. The Labute approximate surface area is 130 Å². The van der Waals surface area contributed by atoms with Crippen LogP contribution in [0.4, 0.5) is 5.69 Å². The van der Waals surface area contributed by atoms with Gasteiger partial charge in [-0.25, -0.2) is 4.98 Å². The number of hydrogen-bond donors (Lipinski definition) is 1. The molecule has 1 aromatic heterocycles. The molecule has 0 saturated heterocycles. The maximum absolute atomic E-state index is 6.04. The monoisotopic (exact) mass is 295 g/mol. The van der Waals surface area contributed by atoms with Gasteiger partial charge in [0.2, 0.25) is 0 Å². The molecule has 2 aromatic carbocycles. The summed E-state index contributed by atoms with van der Waals surface area (Å²) in [4.78, 5) is 4.72. The average Bonchev–Trinajstić information content (AvgIpc) is 2.87. The minimum Gasteiger partial charge on any atom is -0.397 e. The van der Waals surface area contributed by atoms with Gasteiger partial charge < -0.3 is 15.0 Å². The van der Waals surface area contributed by atoms with Gasteiger partial charge in [-0.3, -0.25) is 0 Å². The molecule has 0 amide bonds. The van der Waals surface area contributed by atoms with Gasteiger partial charge in [0.25, 0.3) is 0 Å². The summed E-state index contributed by atoms with van der Waals surface area (Å²) in [6.45, 7) is 2.59. The molecular formula is C18H21N3O. The Morgan fingerprint density at radius 3 is 2.59 bits per heavy atom. The molecule has 0 unspecified atom stereocenters. The summed E-state index contributed by atoms with van der Waals surface area (Å²) in [5.41, 5.74) is 11.2. The first kappa shape index (κ1) is 14.6. The first-order chi connectivity index (χ1) is 10.7. The Morgan fingerprint density at radius 2 is 1.86 bits per heavy atom. The highest BCUT2D eigenvalue weighted by atomic mass is 16.5. The Kier molecular flexibility index (Phi) is 4.11. The zero-order valence-corrected chi connectivity index (χ0v) is 13.0. The van der Waals surface area contributed by atoms with E-state index < -0.39 is 0 Å². The second kappa shape index (κ2) is 6.20. The van der Waals surface area contributed by atoms with Crippen LogP contribution in [0.5, 0.6) is 0 Å². The highest BCUT2D eigenvalue weighted by Crippen LogP contribution is 2.22. The second-order valence-corrected chi connectivity index (χ2v) is 5.57. The summed E-state index contributed by atoms with van der Waals surface area (Å²) in [7, 11) is 1.70. The molecule has 0 bridgehead atoms. The summed E-state index contributed by atoms with van der Waals surface area (Å²) in [5.74, 6) is 1.01. The minimum atomic E-state index is 0.489. The molecule has 114 valence electrons. The van der Waals surface area contributed by atoms with Crippen LogP contribution in [-0.2, 0) is 24.3 Å². The highest BCUT2D eigenvalue weighted by molar-refractivity contribution is 5.87. The fourth-order valence-corrected chi connectivity index (χ4v) is 2.69. The fourth-order valence-electron chi connectivity index (χ4n) is 2.69. The Bertz CT molecular complexity index is 775. The van der Waals surface area contributed by atoms with E-state index in [2.05, 4.69) is 35.8 Å². The number of aryl methyl sites for hydroxylation is 3. The average molecular weight is 295 g/mol. The summed E-state index contributed by atoms with van der Waals surface area (Å²) >= 11 is 0. The van der Waals surface area contributed by atoms with Crippen LogP contribution in [0.25, 0.3) is 11.0 Å². The maximum Gasteiger partial charge on any atom is 0.124 e. The predicted molar refractivity (Wildman–Crippen MR) is 89.7 cm³/mol. The fraction of sp³-hybridized carbons (Fsp3) is 0.278. The molecule has 3 rings (SSSR count). The van der Waals surface area contributed by atoms with Gasteiger partial charge in [0.05, 0.1) is 11.2 Å². The highest BCUT2D eigenvalue weighted by Gasteiger charge is 2.12. The molecule has 0 aliphatic rings. The summed E-state index contributed by atoms with van der Waals surface area (Å²) in [6, 6.07) is 14.5. The van der Waals surface area contributed by atoms with Crippen molar-refractivity contribution in [2.75, 3.05) is 12.8 Å². The number of anilines is 1. The topological polar surface area (TPSA) is 53.1 Å². The van der Waals surface area contributed by atoms with Crippen molar-refractivity contribution in [1.29, 1.82) is 0 Å². The van der Waals surface area contributed by atoms with Crippen molar-refractivity contribution in [2.24, 2.45) is 0 Å². The van der Waals surface area contributed by atoms with Crippen molar-refractivity contribution >= 4 is 16.7 Å². The SMILES string of the molecule is COCn1c(CCc2ccc(C)cc2)nc2c(N)cccc21. The normalized spacial score (nSPS) is 11.2. The Balaban J connectivity index is 1.90. The largest absolute Gasteiger partial charge is 0.397 e. The number of methoxy groups -OCH3 is 1. The molecule has 22 heavy (non-hydrogen) atoms. The van der Waals surface area contributed by atoms with Gasteiger partial charge in [0.15, 0.2) is 0 Å². The van der Waals surface area contributed by atoms with Crippen LogP contribution in [-0.4, -0.2) is 16.7 Å². The van der Waals surface area contributed by atoms with Crippen LogP contribution in [0.15, 0.2) is 42.5 Å². The lowest BCUT2D eigenvalue weighted by atomic mass is 10.1. The summed E-state index contributed by atoms with van der Waals surface area (Å²) in [6.07, 6.45) is 1.81. The number of hydrogen-bond acceptors (Lipinski definition) is 3. The van der Waals surface area contributed by atoms with Gasteiger partial charge in [0, 0.05) is 13.5 Å².